The van der Waals surface area contributed by atoms with E-state index in [9.17, 15) is 0 Å². The van der Waals surface area contributed by atoms with Gasteiger partial charge in [-0.25, -0.2) is 4.68 Å². The SMILES string of the molecule is CCOc1c(Cl)cc(CNC(=NC)NCCc2ccc(-n3cccn3)cc2)cc1OC.I. The summed E-state index contributed by atoms with van der Waals surface area (Å²) in [6.07, 6.45) is 4.58. The summed E-state index contributed by atoms with van der Waals surface area (Å²) in [4.78, 5) is 4.29. The summed E-state index contributed by atoms with van der Waals surface area (Å²) < 4.78 is 12.8. The van der Waals surface area contributed by atoms with Crippen LogP contribution in [0.25, 0.3) is 5.69 Å². The van der Waals surface area contributed by atoms with Crippen molar-refractivity contribution in [3.05, 3.63) is 71.0 Å². The first-order chi connectivity index (χ1) is 15.1. The summed E-state index contributed by atoms with van der Waals surface area (Å²) in [5, 5.41) is 11.4. The van der Waals surface area contributed by atoms with Crippen LogP contribution in [0, 0.1) is 0 Å². The molecule has 2 N–H and O–H groups in total. The molecule has 0 fully saturated rings. The normalized spacial score (nSPS) is 10.9. The zero-order chi connectivity index (χ0) is 22.1. The van der Waals surface area contributed by atoms with Gasteiger partial charge in [0, 0.05) is 32.5 Å². The van der Waals surface area contributed by atoms with Gasteiger partial charge in [0.1, 0.15) is 0 Å². The number of benzene rings is 2. The number of rotatable bonds is 9. The van der Waals surface area contributed by atoms with Gasteiger partial charge in [-0.15, -0.1) is 24.0 Å². The van der Waals surface area contributed by atoms with Crippen molar-refractivity contribution in [3.63, 3.8) is 0 Å². The van der Waals surface area contributed by atoms with Crippen LogP contribution in [0.4, 0.5) is 0 Å². The highest BCUT2D eigenvalue weighted by atomic mass is 127. The van der Waals surface area contributed by atoms with E-state index in [0.717, 1.165) is 30.2 Å². The number of guanidine groups is 1. The van der Waals surface area contributed by atoms with Crippen LogP contribution in [-0.4, -0.2) is 43.0 Å². The number of aromatic nitrogens is 2. The minimum atomic E-state index is 0. The van der Waals surface area contributed by atoms with Gasteiger partial charge in [-0.1, -0.05) is 23.7 Å². The summed E-state index contributed by atoms with van der Waals surface area (Å²) >= 11 is 6.35. The lowest BCUT2D eigenvalue weighted by Gasteiger charge is -2.15. The fourth-order valence-corrected chi connectivity index (χ4v) is 3.42. The van der Waals surface area contributed by atoms with Crippen molar-refractivity contribution in [2.45, 2.75) is 19.9 Å². The number of nitrogens with one attached hydrogen (secondary N) is 2. The molecular weight excluding hydrogens is 541 g/mol. The molecule has 0 saturated heterocycles. The largest absolute Gasteiger partial charge is 0.493 e. The molecule has 0 radical (unpaired) electrons. The first-order valence-electron chi connectivity index (χ1n) is 10.2. The van der Waals surface area contributed by atoms with Crippen LogP contribution in [0.3, 0.4) is 0 Å². The van der Waals surface area contributed by atoms with E-state index in [0.29, 0.717) is 29.7 Å². The van der Waals surface area contributed by atoms with Crippen molar-refractivity contribution >= 4 is 41.5 Å². The molecular formula is C23H29ClIN5O2. The molecule has 3 aromatic rings. The summed E-state index contributed by atoms with van der Waals surface area (Å²) in [6, 6.07) is 14.1. The molecule has 0 amide bonds. The van der Waals surface area contributed by atoms with Gasteiger partial charge >= 0.3 is 0 Å². The molecule has 0 aliphatic heterocycles. The Morgan fingerprint density at radius 2 is 1.94 bits per heavy atom. The van der Waals surface area contributed by atoms with Crippen LogP contribution in [0.1, 0.15) is 18.1 Å². The maximum absolute atomic E-state index is 6.35. The topological polar surface area (TPSA) is 72.7 Å². The van der Waals surface area contributed by atoms with Gasteiger partial charge in [0.15, 0.2) is 17.5 Å². The Kier molecular flexibility index (Phi) is 10.6. The molecule has 0 unspecified atom stereocenters. The van der Waals surface area contributed by atoms with E-state index < -0.39 is 0 Å². The van der Waals surface area contributed by atoms with Gasteiger partial charge in [0.05, 0.1) is 24.4 Å². The van der Waals surface area contributed by atoms with E-state index in [1.165, 1.54) is 5.56 Å². The van der Waals surface area contributed by atoms with E-state index in [2.05, 4.69) is 45.0 Å². The van der Waals surface area contributed by atoms with Crippen LogP contribution < -0.4 is 20.1 Å². The third-order valence-electron chi connectivity index (χ3n) is 4.67. The molecule has 1 aromatic heterocycles. The number of hydrogen-bond donors (Lipinski definition) is 2. The Morgan fingerprint density at radius 1 is 1.16 bits per heavy atom. The molecule has 32 heavy (non-hydrogen) atoms. The fourth-order valence-electron chi connectivity index (χ4n) is 3.13. The standard InChI is InChI=1S/C23H28ClN5O2.HI/c1-4-31-22-20(24)14-18(15-21(22)30-3)16-27-23(25-2)26-12-10-17-6-8-19(9-7-17)29-13-5-11-28-29;/h5-9,11,13-15H,4,10,12,16H2,1-3H3,(H2,25,26,27);1H. The monoisotopic (exact) mass is 569 g/mol. The molecule has 0 bridgehead atoms. The third-order valence-corrected chi connectivity index (χ3v) is 4.95. The average Bonchev–Trinajstić information content (AvgIpc) is 3.33. The third kappa shape index (κ3) is 7.03. The molecule has 0 spiro atoms. The Hall–Kier alpha value is -2.46. The summed E-state index contributed by atoms with van der Waals surface area (Å²) in [7, 11) is 3.35. The summed E-state index contributed by atoms with van der Waals surface area (Å²) in [6.45, 7) is 3.75. The maximum atomic E-state index is 6.35. The number of halogens is 2. The number of aliphatic imine (C=N–C) groups is 1. The minimum absolute atomic E-state index is 0. The van der Waals surface area contributed by atoms with E-state index in [1.807, 2.05) is 36.0 Å². The molecule has 0 saturated carbocycles. The second-order valence-corrected chi connectivity index (χ2v) is 7.17. The Morgan fingerprint density at radius 3 is 2.56 bits per heavy atom. The quantitative estimate of drug-likeness (QED) is 0.226. The number of methoxy groups -OCH3 is 1. The number of hydrogen-bond acceptors (Lipinski definition) is 4. The van der Waals surface area contributed by atoms with Crippen molar-refractivity contribution in [2.24, 2.45) is 4.99 Å². The van der Waals surface area contributed by atoms with Gasteiger partial charge in [0.25, 0.3) is 0 Å². The van der Waals surface area contributed by atoms with E-state index >= 15 is 0 Å². The fraction of sp³-hybridized carbons (Fsp3) is 0.304. The Labute approximate surface area is 211 Å². The molecule has 1 heterocycles. The Balaban J connectivity index is 0.00000363. The highest BCUT2D eigenvalue weighted by molar-refractivity contribution is 14.0. The number of nitrogens with zero attached hydrogens (tertiary/aromatic N) is 3. The molecule has 3 rings (SSSR count). The summed E-state index contributed by atoms with van der Waals surface area (Å²) in [5.41, 5.74) is 3.26. The van der Waals surface area contributed by atoms with Gasteiger partial charge in [-0.3, -0.25) is 4.99 Å². The van der Waals surface area contributed by atoms with Crippen molar-refractivity contribution in [1.82, 2.24) is 20.4 Å². The van der Waals surface area contributed by atoms with Crippen LogP contribution in [0.2, 0.25) is 5.02 Å². The predicted molar refractivity (Wildman–Crippen MR) is 140 cm³/mol. The molecule has 172 valence electrons. The first kappa shape index (κ1) is 25.8. The lowest BCUT2D eigenvalue weighted by atomic mass is 10.1. The molecule has 7 nitrogen and oxygen atoms in total. The summed E-state index contributed by atoms with van der Waals surface area (Å²) in [5.74, 6) is 1.90. The number of ether oxygens (including phenoxy) is 2. The highest BCUT2D eigenvalue weighted by Gasteiger charge is 2.12. The van der Waals surface area contributed by atoms with E-state index in [4.69, 9.17) is 21.1 Å². The molecule has 0 aliphatic carbocycles. The smallest absolute Gasteiger partial charge is 0.191 e. The average molecular weight is 570 g/mol. The molecule has 0 atom stereocenters. The van der Waals surface area contributed by atoms with Crippen molar-refractivity contribution in [3.8, 4) is 17.2 Å². The van der Waals surface area contributed by atoms with Gasteiger partial charge < -0.3 is 20.1 Å². The molecule has 9 heteroatoms. The van der Waals surface area contributed by atoms with Crippen molar-refractivity contribution in [1.29, 1.82) is 0 Å². The second kappa shape index (κ2) is 13.2. The van der Waals surface area contributed by atoms with Crippen molar-refractivity contribution < 1.29 is 9.47 Å². The predicted octanol–water partition coefficient (Wildman–Crippen LogP) is 4.46. The highest BCUT2D eigenvalue weighted by Crippen LogP contribution is 2.36. The molecule has 2 aromatic carbocycles. The van der Waals surface area contributed by atoms with Crippen LogP contribution in [0.15, 0.2) is 59.9 Å². The van der Waals surface area contributed by atoms with Crippen LogP contribution >= 0.6 is 35.6 Å². The van der Waals surface area contributed by atoms with Crippen LogP contribution in [0.5, 0.6) is 11.5 Å². The second-order valence-electron chi connectivity index (χ2n) is 6.76. The minimum Gasteiger partial charge on any atom is -0.493 e. The zero-order valence-electron chi connectivity index (χ0n) is 18.5. The first-order valence-corrected chi connectivity index (χ1v) is 10.5. The van der Waals surface area contributed by atoms with E-state index in [1.54, 1.807) is 20.4 Å². The maximum Gasteiger partial charge on any atom is 0.191 e. The van der Waals surface area contributed by atoms with Crippen molar-refractivity contribution in [2.75, 3.05) is 27.3 Å². The zero-order valence-corrected chi connectivity index (χ0v) is 21.6. The van der Waals surface area contributed by atoms with Gasteiger partial charge in [-0.2, -0.15) is 5.10 Å². The van der Waals surface area contributed by atoms with Gasteiger partial charge in [-0.05, 0) is 54.8 Å². The lowest BCUT2D eigenvalue weighted by molar-refractivity contribution is 0.311. The lowest BCUT2D eigenvalue weighted by Crippen LogP contribution is -2.37. The van der Waals surface area contributed by atoms with Gasteiger partial charge in [0.2, 0.25) is 0 Å². The Bertz CT molecular complexity index is 994. The molecule has 0 aliphatic rings. The van der Waals surface area contributed by atoms with Crippen LogP contribution in [-0.2, 0) is 13.0 Å². The van der Waals surface area contributed by atoms with E-state index in [-0.39, 0.29) is 24.0 Å².